The number of likely N-dealkylation sites (tertiary alicyclic amines) is 1. The zero-order valence-corrected chi connectivity index (χ0v) is 22.1. The van der Waals surface area contributed by atoms with E-state index in [1.807, 2.05) is 28.8 Å². The number of aromatic nitrogens is 2. The molecule has 1 aliphatic heterocycles. The number of halogens is 4. The molecule has 194 valence electrons. The number of benzene rings is 3. The van der Waals surface area contributed by atoms with Crippen LogP contribution < -0.4 is 5.69 Å². The zero-order valence-electron chi connectivity index (χ0n) is 20.6. The van der Waals surface area contributed by atoms with Crippen LogP contribution in [0.15, 0.2) is 65.5 Å². The first-order chi connectivity index (χ1) is 17.8. The van der Waals surface area contributed by atoms with Gasteiger partial charge < -0.3 is 9.88 Å². The average molecular weight is 544 g/mol. The highest BCUT2D eigenvalue weighted by atomic mass is 35.5. The quantitative estimate of drug-likeness (QED) is 0.263. The Kier molecular flexibility index (Phi) is 7.70. The molecule has 1 fully saturated rings. The lowest BCUT2D eigenvalue weighted by Crippen LogP contribution is -2.42. The van der Waals surface area contributed by atoms with Crippen LogP contribution in [0.3, 0.4) is 0 Å². The average Bonchev–Trinajstić information content (AvgIpc) is 3.18. The molecule has 2 heterocycles. The van der Waals surface area contributed by atoms with Gasteiger partial charge in [-0.05, 0) is 79.3 Å². The Morgan fingerprint density at radius 2 is 1.57 bits per heavy atom. The Morgan fingerprint density at radius 3 is 2.16 bits per heavy atom. The predicted molar refractivity (Wildman–Crippen MR) is 146 cm³/mol. The van der Waals surface area contributed by atoms with Crippen LogP contribution in [-0.2, 0) is 0 Å². The minimum Gasteiger partial charge on any atom is -0.305 e. The van der Waals surface area contributed by atoms with Gasteiger partial charge in [-0.1, -0.05) is 54.4 Å². The number of nitrogens with zero attached hydrogens (tertiary/aromatic N) is 2. The van der Waals surface area contributed by atoms with Gasteiger partial charge in [0, 0.05) is 25.0 Å². The third kappa shape index (κ3) is 5.62. The van der Waals surface area contributed by atoms with Crippen molar-refractivity contribution in [2.75, 3.05) is 19.6 Å². The second-order valence-corrected chi connectivity index (χ2v) is 10.8. The fraction of sp³-hybridized carbons (Fsp3) is 0.345. The molecule has 4 aromatic rings. The number of piperidine rings is 1. The van der Waals surface area contributed by atoms with Crippen molar-refractivity contribution in [3.05, 3.63) is 104 Å². The molecule has 3 aromatic carbocycles. The highest BCUT2D eigenvalue weighted by Crippen LogP contribution is 2.34. The normalized spacial score (nSPS) is 18.6. The Hall–Kier alpha value is -2.67. The van der Waals surface area contributed by atoms with E-state index in [4.69, 9.17) is 23.2 Å². The maximum Gasteiger partial charge on any atom is 0.326 e. The summed E-state index contributed by atoms with van der Waals surface area (Å²) in [5.74, 6) is -0.196. The second-order valence-electron chi connectivity index (χ2n) is 10.0. The van der Waals surface area contributed by atoms with E-state index in [9.17, 15) is 13.6 Å². The van der Waals surface area contributed by atoms with Gasteiger partial charge in [0.1, 0.15) is 11.6 Å². The number of rotatable bonds is 7. The molecule has 0 saturated carbocycles. The van der Waals surface area contributed by atoms with E-state index in [0.29, 0.717) is 15.6 Å². The lowest BCUT2D eigenvalue weighted by atomic mass is 9.87. The fourth-order valence-corrected chi connectivity index (χ4v) is 6.01. The van der Waals surface area contributed by atoms with Crippen LogP contribution in [0.4, 0.5) is 8.78 Å². The van der Waals surface area contributed by atoms with Crippen molar-refractivity contribution in [2.24, 2.45) is 5.92 Å². The van der Waals surface area contributed by atoms with Gasteiger partial charge in [-0.25, -0.2) is 13.6 Å². The second kappa shape index (κ2) is 11.0. The summed E-state index contributed by atoms with van der Waals surface area (Å²) in [4.78, 5) is 18.2. The molecular formula is C29H29Cl2F2N3O. The molecule has 2 unspecified atom stereocenters. The largest absolute Gasteiger partial charge is 0.326 e. The van der Waals surface area contributed by atoms with Crippen molar-refractivity contribution in [2.45, 2.75) is 38.1 Å². The molecular weight excluding hydrogens is 515 g/mol. The van der Waals surface area contributed by atoms with E-state index >= 15 is 0 Å². The number of hydrogen-bond donors (Lipinski definition) is 1. The van der Waals surface area contributed by atoms with E-state index in [1.54, 1.807) is 12.1 Å². The van der Waals surface area contributed by atoms with Gasteiger partial charge in [0.05, 0.1) is 21.1 Å². The molecule has 0 radical (unpaired) electrons. The molecule has 1 aromatic heterocycles. The molecule has 0 bridgehead atoms. The van der Waals surface area contributed by atoms with Gasteiger partial charge >= 0.3 is 5.69 Å². The summed E-state index contributed by atoms with van der Waals surface area (Å²) in [6.45, 7) is 4.86. The third-order valence-electron chi connectivity index (χ3n) is 7.55. The van der Waals surface area contributed by atoms with E-state index in [0.717, 1.165) is 55.5 Å². The molecule has 2 atom stereocenters. The van der Waals surface area contributed by atoms with Crippen molar-refractivity contribution in [3.8, 4) is 0 Å². The van der Waals surface area contributed by atoms with E-state index in [2.05, 4.69) is 16.8 Å². The minimum absolute atomic E-state index is 0.0672. The van der Waals surface area contributed by atoms with Crippen LogP contribution in [-0.4, -0.2) is 34.1 Å². The first-order valence-electron chi connectivity index (χ1n) is 12.6. The molecule has 8 heteroatoms. The number of aromatic amines is 1. The Balaban J connectivity index is 1.25. The summed E-state index contributed by atoms with van der Waals surface area (Å²) in [5.41, 5.74) is 3.39. The topological polar surface area (TPSA) is 41.0 Å². The summed E-state index contributed by atoms with van der Waals surface area (Å²) < 4.78 is 28.9. The van der Waals surface area contributed by atoms with Crippen molar-refractivity contribution >= 4 is 34.2 Å². The SMILES string of the molecule is CC1CN(CCCC(c2ccc(F)cc2)c2ccc(F)cc2)CCC1n1c(=O)[nH]c2cc(Cl)c(Cl)cc21. The number of imidazole rings is 1. The minimum atomic E-state index is -0.266. The van der Waals surface area contributed by atoms with Crippen molar-refractivity contribution in [1.82, 2.24) is 14.5 Å². The van der Waals surface area contributed by atoms with E-state index in [-0.39, 0.29) is 35.2 Å². The monoisotopic (exact) mass is 543 g/mol. The fourth-order valence-electron chi connectivity index (χ4n) is 5.69. The first-order valence-corrected chi connectivity index (χ1v) is 13.4. The molecule has 37 heavy (non-hydrogen) atoms. The standard InChI is InChI=1S/C29H29Cl2F2N3O/c1-18-17-35(14-12-27(18)36-28-16-25(31)24(30)15-26(28)34-29(36)37)13-2-3-23(19-4-8-21(32)9-5-19)20-6-10-22(33)11-7-20/h4-11,15-16,18,23,27H,2-3,12-14,17H2,1H3,(H,34,37). The Bertz CT molecular complexity index is 1390. The molecule has 0 amide bonds. The van der Waals surface area contributed by atoms with Crippen molar-refractivity contribution in [3.63, 3.8) is 0 Å². The number of nitrogens with one attached hydrogen (secondary N) is 1. The summed E-state index contributed by atoms with van der Waals surface area (Å²) in [5, 5.41) is 0.855. The molecule has 0 aliphatic carbocycles. The molecule has 1 aliphatic rings. The lowest BCUT2D eigenvalue weighted by Gasteiger charge is -2.37. The molecule has 0 spiro atoms. The zero-order chi connectivity index (χ0) is 26.1. The Labute approximate surface area is 224 Å². The van der Waals surface area contributed by atoms with E-state index < -0.39 is 0 Å². The van der Waals surface area contributed by atoms with Gasteiger partial charge in [-0.2, -0.15) is 0 Å². The van der Waals surface area contributed by atoms with Gasteiger partial charge in [0.2, 0.25) is 0 Å². The van der Waals surface area contributed by atoms with Crippen LogP contribution in [0.1, 0.15) is 49.3 Å². The molecule has 1 saturated heterocycles. The van der Waals surface area contributed by atoms with Crippen molar-refractivity contribution in [1.29, 1.82) is 0 Å². The van der Waals surface area contributed by atoms with Crippen LogP contribution in [0.25, 0.3) is 11.0 Å². The molecule has 5 rings (SSSR count). The molecule has 1 N–H and O–H groups in total. The predicted octanol–water partition coefficient (Wildman–Crippen LogP) is 7.41. The van der Waals surface area contributed by atoms with Crippen LogP contribution in [0, 0.1) is 17.6 Å². The highest BCUT2D eigenvalue weighted by molar-refractivity contribution is 6.42. The first kappa shape index (κ1) is 26.0. The highest BCUT2D eigenvalue weighted by Gasteiger charge is 2.30. The summed E-state index contributed by atoms with van der Waals surface area (Å²) in [6, 6.07) is 16.7. The summed E-state index contributed by atoms with van der Waals surface area (Å²) in [7, 11) is 0. The maximum atomic E-state index is 13.5. The lowest BCUT2D eigenvalue weighted by molar-refractivity contribution is 0.131. The molecule has 4 nitrogen and oxygen atoms in total. The summed E-state index contributed by atoms with van der Waals surface area (Å²) >= 11 is 12.4. The van der Waals surface area contributed by atoms with Gasteiger partial charge in [0.15, 0.2) is 0 Å². The Morgan fingerprint density at radius 1 is 0.973 bits per heavy atom. The van der Waals surface area contributed by atoms with Crippen LogP contribution in [0.2, 0.25) is 10.0 Å². The van der Waals surface area contributed by atoms with E-state index in [1.165, 1.54) is 24.3 Å². The van der Waals surface area contributed by atoms with Crippen LogP contribution >= 0.6 is 23.2 Å². The number of H-pyrrole nitrogens is 1. The van der Waals surface area contributed by atoms with Crippen molar-refractivity contribution < 1.29 is 8.78 Å². The smallest absolute Gasteiger partial charge is 0.305 e. The third-order valence-corrected chi connectivity index (χ3v) is 8.27. The van der Waals surface area contributed by atoms with Gasteiger partial charge in [0.25, 0.3) is 0 Å². The number of fused-ring (bicyclic) bond motifs is 1. The van der Waals surface area contributed by atoms with Crippen LogP contribution in [0.5, 0.6) is 0 Å². The summed E-state index contributed by atoms with van der Waals surface area (Å²) in [6.07, 6.45) is 2.66. The van der Waals surface area contributed by atoms with Gasteiger partial charge in [-0.3, -0.25) is 4.57 Å². The number of hydrogen-bond acceptors (Lipinski definition) is 2. The maximum absolute atomic E-state index is 13.5. The van der Waals surface area contributed by atoms with Gasteiger partial charge in [-0.15, -0.1) is 0 Å².